The van der Waals surface area contributed by atoms with E-state index in [0.717, 1.165) is 24.3 Å². The summed E-state index contributed by atoms with van der Waals surface area (Å²) in [6, 6.07) is 10.6. The van der Waals surface area contributed by atoms with Gasteiger partial charge in [0.15, 0.2) is 5.60 Å². The van der Waals surface area contributed by atoms with Crippen LogP contribution in [0.15, 0.2) is 66.1 Å². The summed E-state index contributed by atoms with van der Waals surface area (Å²) < 4.78 is 31.5. The Labute approximate surface area is 159 Å². The average molecular weight is 409 g/mol. The largest absolute Gasteiger partial charge is 0.431 e. The summed E-state index contributed by atoms with van der Waals surface area (Å²) in [6.07, 6.45) is 0.280. The fraction of sp³-hybridized carbons (Fsp3) is 0.118. The molecule has 2 aromatic carbocycles. The molecule has 0 N–H and O–H groups in total. The molecule has 1 aliphatic rings. The van der Waals surface area contributed by atoms with Crippen molar-refractivity contribution in [2.24, 2.45) is 0 Å². The van der Waals surface area contributed by atoms with Crippen molar-refractivity contribution in [2.45, 2.75) is 10.5 Å². The van der Waals surface area contributed by atoms with Gasteiger partial charge in [0.05, 0.1) is 16.4 Å². The van der Waals surface area contributed by atoms with Gasteiger partial charge in [-0.05, 0) is 30.3 Å². The number of nitro groups is 1. The van der Waals surface area contributed by atoms with Crippen molar-refractivity contribution in [1.82, 2.24) is 4.31 Å². The highest BCUT2D eigenvalue weighted by molar-refractivity contribution is 7.89. The standard InChI is InChI=1S/C17H13ClN2O6S/c1-2-17(12-3-5-13(18)6-4-12)11-19(16(21)26-17)27(24,25)15-9-7-14(8-10-15)20(22)23/h2-10H,1,11H2. The highest BCUT2D eigenvalue weighted by Crippen LogP contribution is 2.37. The second kappa shape index (κ2) is 6.67. The molecule has 140 valence electrons. The van der Waals surface area contributed by atoms with Crippen LogP contribution < -0.4 is 0 Å². The summed E-state index contributed by atoms with van der Waals surface area (Å²) in [5.74, 6) is 0. The minimum absolute atomic E-state index is 0.263. The van der Waals surface area contributed by atoms with E-state index in [4.69, 9.17) is 16.3 Å². The fourth-order valence-corrected chi connectivity index (χ4v) is 4.13. The molecule has 1 atom stereocenters. The summed E-state index contributed by atoms with van der Waals surface area (Å²) in [7, 11) is -4.27. The molecule has 1 fully saturated rings. The zero-order valence-electron chi connectivity index (χ0n) is 13.7. The molecule has 1 heterocycles. The topological polar surface area (TPSA) is 107 Å². The van der Waals surface area contributed by atoms with Crippen LogP contribution in [0.1, 0.15) is 5.56 Å². The second-order valence-electron chi connectivity index (χ2n) is 5.73. The lowest BCUT2D eigenvalue weighted by molar-refractivity contribution is -0.384. The van der Waals surface area contributed by atoms with Crippen LogP contribution in [-0.2, 0) is 20.4 Å². The molecular formula is C17H13ClN2O6S. The summed E-state index contributed by atoms with van der Waals surface area (Å²) >= 11 is 5.86. The van der Waals surface area contributed by atoms with Gasteiger partial charge in [0.25, 0.3) is 15.7 Å². The Hall–Kier alpha value is -2.91. The van der Waals surface area contributed by atoms with Crippen molar-refractivity contribution in [3.05, 3.63) is 81.9 Å². The van der Waals surface area contributed by atoms with Crippen LogP contribution in [0.25, 0.3) is 0 Å². The Balaban J connectivity index is 1.97. The molecule has 1 amide bonds. The summed E-state index contributed by atoms with van der Waals surface area (Å²) in [5, 5.41) is 11.2. The van der Waals surface area contributed by atoms with E-state index in [-0.39, 0.29) is 17.1 Å². The quantitative estimate of drug-likeness (QED) is 0.426. The van der Waals surface area contributed by atoms with Crippen LogP contribution in [0.4, 0.5) is 10.5 Å². The lowest BCUT2D eigenvalue weighted by Crippen LogP contribution is -2.34. The number of sulfonamides is 1. The lowest BCUT2D eigenvalue weighted by Gasteiger charge is -2.23. The Bertz CT molecular complexity index is 1020. The maximum absolute atomic E-state index is 12.8. The van der Waals surface area contributed by atoms with Crippen LogP contribution in [0.5, 0.6) is 0 Å². The third-order valence-electron chi connectivity index (χ3n) is 4.15. The maximum atomic E-state index is 12.8. The summed E-state index contributed by atoms with van der Waals surface area (Å²) in [6.45, 7) is 3.34. The van der Waals surface area contributed by atoms with Crippen LogP contribution >= 0.6 is 11.6 Å². The van der Waals surface area contributed by atoms with Crippen molar-refractivity contribution in [3.8, 4) is 0 Å². The van der Waals surface area contributed by atoms with Crippen molar-refractivity contribution in [1.29, 1.82) is 0 Å². The fourth-order valence-electron chi connectivity index (χ4n) is 2.67. The number of non-ortho nitro benzene ring substituents is 1. The molecule has 0 aliphatic carbocycles. The van der Waals surface area contributed by atoms with Crippen LogP contribution in [0.3, 0.4) is 0 Å². The molecule has 27 heavy (non-hydrogen) atoms. The van der Waals surface area contributed by atoms with E-state index < -0.39 is 26.6 Å². The number of carbonyl (C=O) groups excluding carboxylic acids is 1. The van der Waals surface area contributed by atoms with Crippen molar-refractivity contribution in [2.75, 3.05) is 6.54 Å². The lowest BCUT2D eigenvalue weighted by atomic mass is 9.94. The highest BCUT2D eigenvalue weighted by Gasteiger charge is 2.49. The Kier molecular flexibility index (Phi) is 4.66. The molecule has 0 bridgehead atoms. The number of rotatable bonds is 5. The molecule has 10 heteroatoms. The van der Waals surface area contributed by atoms with Gasteiger partial charge in [-0.25, -0.2) is 13.2 Å². The van der Waals surface area contributed by atoms with Gasteiger partial charge in [0.1, 0.15) is 0 Å². The van der Waals surface area contributed by atoms with Gasteiger partial charge in [-0.1, -0.05) is 30.3 Å². The number of halogens is 1. The molecule has 3 rings (SSSR count). The average Bonchev–Trinajstić information content (AvgIpc) is 3.01. The highest BCUT2D eigenvalue weighted by atomic mass is 35.5. The van der Waals surface area contributed by atoms with Crippen molar-refractivity contribution >= 4 is 33.4 Å². The van der Waals surface area contributed by atoms with E-state index in [1.807, 2.05) is 0 Å². The van der Waals surface area contributed by atoms with E-state index in [2.05, 4.69) is 6.58 Å². The molecule has 2 aromatic rings. The predicted octanol–water partition coefficient (Wildman–Crippen LogP) is 3.47. The second-order valence-corrected chi connectivity index (χ2v) is 8.03. The Morgan fingerprint density at radius 3 is 2.30 bits per heavy atom. The van der Waals surface area contributed by atoms with Gasteiger partial charge in [0, 0.05) is 22.7 Å². The molecule has 0 radical (unpaired) electrons. The number of benzene rings is 2. The van der Waals surface area contributed by atoms with Gasteiger partial charge in [-0.15, -0.1) is 0 Å². The third-order valence-corrected chi connectivity index (χ3v) is 6.13. The van der Waals surface area contributed by atoms with Crippen LogP contribution in [-0.4, -0.2) is 30.3 Å². The van der Waals surface area contributed by atoms with Gasteiger partial charge in [-0.2, -0.15) is 4.31 Å². The van der Waals surface area contributed by atoms with Gasteiger partial charge in [0.2, 0.25) is 0 Å². The van der Waals surface area contributed by atoms with E-state index in [0.29, 0.717) is 14.9 Å². The normalized spacial score (nSPS) is 19.6. The van der Waals surface area contributed by atoms with E-state index >= 15 is 0 Å². The van der Waals surface area contributed by atoms with Gasteiger partial charge < -0.3 is 4.74 Å². The summed E-state index contributed by atoms with van der Waals surface area (Å²) in [5.41, 5.74) is -1.12. The number of nitrogens with zero attached hydrogens (tertiary/aromatic N) is 2. The smallest absolute Gasteiger partial charge is 0.425 e. The van der Waals surface area contributed by atoms with Crippen LogP contribution in [0.2, 0.25) is 5.02 Å². The van der Waals surface area contributed by atoms with Crippen molar-refractivity contribution in [3.63, 3.8) is 0 Å². The first-order chi connectivity index (χ1) is 12.7. The maximum Gasteiger partial charge on any atom is 0.425 e. The predicted molar refractivity (Wildman–Crippen MR) is 96.8 cm³/mol. The van der Waals surface area contributed by atoms with Crippen LogP contribution in [0, 0.1) is 10.1 Å². The number of cyclic esters (lactones) is 1. The third kappa shape index (κ3) is 3.26. The summed E-state index contributed by atoms with van der Waals surface area (Å²) in [4.78, 5) is 22.1. The number of carbonyl (C=O) groups is 1. The number of ether oxygens (including phenoxy) is 1. The monoisotopic (exact) mass is 408 g/mol. The first-order valence-corrected chi connectivity index (χ1v) is 9.41. The van der Waals surface area contributed by atoms with Gasteiger partial charge in [-0.3, -0.25) is 10.1 Å². The number of hydrogen-bond donors (Lipinski definition) is 0. The molecule has 0 saturated carbocycles. The van der Waals surface area contributed by atoms with Gasteiger partial charge >= 0.3 is 6.09 Å². The minimum atomic E-state index is -4.27. The Morgan fingerprint density at radius 2 is 1.78 bits per heavy atom. The molecular weight excluding hydrogens is 396 g/mol. The minimum Gasteiger partial charge on any atom is -0.431 e. The molecule has 0 aromatic heterocycles. The first kappa shape index (κ1) is 18.9. The zero-order chi connectivity index (χ0) is 19.8. The number of nitro benzene ring substituents is 1. The molecule has 1 aliphatic heterocycles. The van der Waals surface area contributed by atoms with E-state index in [1.54, 1.807) is 24.3 Å². The molecule has 1 unspecified atom stereocenters. The Morgan fingerprint density at radius 1 is 1.19 bits per heavy atom. The molecule has 1 saturated heterocycles. The van der Waals surface area contributed by atoms with E-state index in [1.165, 1.54) is 6.08 Å². The number of amides is 1. The number of hydrogen-bond acceptors (Lipinski definition) is 6. The first-order valence-electron chi connectivity index (χ1n) is 7.59. The van der Waals surface area contributed by atoms with E-state index in [9.17, 15) is 23.3 Å². The SMILES string of the molecule is C=CC1(c2ccc(Cl)cc2)CN(S(=O)(=O)c2ccc([N+](=O)[O-])cc2)C(=O)O1. The molecule has 8 nitrogen and oxygen atoms in total. The molecule has 0 spiro atoms. The van der Waals surface area contributed by atoms with Crippen molar-refractivity contribution < 1.29 is 22.9 Å². The zero-order valence-corrected chi connectivity index (χ0v) is 15.3.